The number of aromatic nitrogens is 2. The largest absolute Gasteiger partial charge is 0.356 e. The minimum absolute atomic E-state index is 0.0557. The molecule has 3 heterocycles. The number of rotatable bonds is 4. The van der Waals surface area contributed by atoms with E-state index in [1.165, 1.54) is 12.8 Å². The van der Waals surface area contributed by atoms with E-state index < -0.39 is 0 Å². The number of piperidine rings is 1. The molecular weight excluding hydrogens is 298 g/mol. The number of anilines is 1. The normalized spacial score (nSPS) is 18.0. The van der Waals surface area contributed by atoms with Crippen LogP contribution < -0.4 is 4.90 Å². The fourth-order valence-electron chi connectivity index (χ4n) is 3.35. The first-order valence-electron chi connectivity index (χ1n) is 8.74. The molecule has 1 fully saturated rings. The molecule has 0 spiro atoms. The van der Waals surface area contributed by atoms with Crippen molar-refractivity contribution in [2.75, 3.05) is 18.0 Å². The van der Waals surface area contributed by atoms with Gasteiger partial charge < -0.3 is 4.90 Å². The van der Waals surface area contributed by atoms with Gasteiger partial charge in [0.05, 0.1) is 0 Å². The van der Waals surface area contributed by atoms with E-state index in [2.05, 4.69) is 28.7 Å². The quantitative estimate of drug-likeness (QED) is 0.801. The number of carbonyl (C=O) groups excluding carboxylic acids is 1. The lowest BCUT2D eigenvalue weighted by atomic mass is 9.88. The maximum atomic E-state index is 12.8. The van der Waals surface area contributed by atoms with Crippen LogP contribution in [0.4, 0.5) is 5.82 Å². The molecule has 1 saturated heterocycles. The van der Waals surface area contributed by atoms with E-state index in [1.54, 1.807) is 18.3 Å². The summed E-state index contributed by atoms with van der Waals surface area (Å²) in [6.45, 7) is 8.46. The molecule has 0 saturated carbocycles. The minimum atomic E-state index is -0.0557. The standard InChI is InChI=1S/C20H25N3O/c1-14(2)16-7-6-12-23(13-16)19-10-4-9-18(22-19)20(24)17-8-5-11-21-15(17)3/h4-5,8-11,14,16H,6-7,12-13H2,1-3H3/t16-/m1/s1. The lowest BCUT2D eigenvalue weighted by Crippen LogP contribution is -2.38. The third-order valence-corrected chi connectivity index (χ3v) is 4.94. The Hall–Kier alpha value is -2.23. The van der Waals surface area contributed by atoms with Crippen LogP contribution in [0.5, 0.6) is 0 Å². The Kier molecular flexibility index (Phi) is 4.93. The van der Waals surface area contributed by atoms with Gasteiger partial charge in [-0.3, -0.25) is 9.78 Å². The maximum absolute atomic E-state index is 12.8. The average molecular weight is 323 g/mol. The zero-order chi connectivity index (χ0) is 17.1. The molecule has 24 heavy (non-hydrogen) atoms. The topological polar surface area (TPSA) is 46.1 Å². The van der Waals surface area contributed by atoms with Gasteiger partial charge in [-0.15, -0.1) is 0 Å². The van der Waals surface area contributed by atoms with Crippen LogP contribution in [0.1, 0.15) is 48.4 Å². The predicted molar refractivity (Wildman–Crippen MR) is 96.4 cm³/mol. The first-order chi connectivity index (χ1) is 11.6. The number of aryl methyl sites for hydroxylation is 1. The van der Waals surface area contributed by atoms with Gasteiger partial charge in [0.2, 0.25) is 5.78 Å². The van der Waals surface area contributed by atoms with Gasteiger partial charge in [0.15, 0.2) is 0 Å². The molecule has 0 radical (unpaired) electrons. The highest BCUT2D eigenvalue weighted by atomic mass is 16.1. The van der Waals surface area contributed by atoms with Gasteiger partial charge >= 0.3 is 0 Å². The smallest absolute Gasteiger partial charge is 0.213 e. The predicted octanol–water partition coefficient (Wildman–Crippen LogP) is 3.89. The van der Waals surface area contributed by atoms with Gasteiger partial charge in [-0.1, -0.05) is 19.9 Å². The van der Waals surface area contributed by atoms with Crippen molar-refractivity contribution in [3.8, 4) is 0 Å². The summed E-state index contributed by atoms with van der Waals surface area (Å²) in [7, 11) is 0. The Bertz CT molecular complexity index is 726. The van der Waals surface area contributed by atoms with Crippen molar-refractivity contribution in [2.45, 2.75) is 33.6 Å². The number of pyridine rings is 2. The van der Waals surface area contributed by atoms with Crippen molar-refractivity contribution in [3.05, 3.63) is 53.5 Å². The number of hydrogen-bond donors (Lipinski definition) is 0. The Morgan fingerprint density at radius 3 is 2.83 bits per heavy atom. The summed E-state index contributed by atoms with van der Waals surface area (Å²) in [5.74, 6) is 2.23. The molecule has 4 heteroatoms. The number of nitrogens with zero attached hydrogens (tertiary/aromatic N) is 3. The van der Waals surface area contributed by atoms with Crippen molar-refractivity contribution in [3.63, 3.8) is 0 Å². The molecule has 126 valence electrons. The van der Waals surface area contributed by atoms with Gasteiger partial charge in [-0.2, -0.15) is 0 Å². The highest BCUT2D eigenvalue weighted by molar-refractivity contribution is 6.08. The lowest BCUT2D eigenvalue weighted by Gasteiger charge is -2.35. The summed E-state index contributed by atoms with van der Waals surface area (Å²) >= 11 is 0. The first kappa shape index (κ1) is 16.6. The summed E-state index contributed by atoms with van der Waals surface area (Å²) in [5.41, 5.74) is 1.86. The first-order valence-corrected chi connectivity index (χ1v) is 8.74. The molecule has 1 aliphatic rings. The number of ketones is 1. The van der Waals surface area contributed by atoms with Gasteiger partial charge in [0.25, 0.3) is 0 Å². The van der Waals surface area contributed by atoms with Gasteiger partial charge in [-0.05, 0) is 55.9 Å². The molecule has 2 aromatic heterocycles. The zero-order valence-corrected chi connectivity index (χ0v) is 14.7. The molecule has 0 bridgehead atoms. The zero-order valence-electron chi connectivity index (χ0n) is 14.7. The molecule has 4 nitrogen and oxygen atoms in total. The van der Waals surface area contributed by atoms with Crippen LogP contribution in [-0.2, 0) is 0 Å². The molecule has 0 N–H and O–H groups in total. The van der Waals surface area contributed by atoms with E-state index in [1.807, 2.05) is 25.1 Å². The van der Waals surface area contributed by atoms with Crippen molar-refractivity contribution >= 4 is 11.6 Å². The summed E-state index contributed by atoms with van der Waals surface area (Å²) in [4.78, 5) is 23.9. The molecule has 1 aliphatic heterocycles. The van der Waals surface area contributed by atoms with Crippen LogP contribution in [-0.4, -0.2) is 28.8 Å². The van der Waals surface area contributed by atoms with E-state index >= 15 is 0 Å². The molecule has 2 aromatic rings. The summed E-state index contributed by atoms with van der Waals surface area (Å²) in [6, 6.07) is 9.34. The molecule has 0 aliphatic carbocycles. The molecule has 0 unspecified atom stereocenters. The van der Waals surface area contributed by atoms with Crippen molar-refractivity contribution in [2.24, 2.45) is 11.8 Å². The Morgan fingerprint density at radius 2 is 2.08 bits per heavy atom. The third kappa shape index (κ3) is 3.48. The van der Waals surface area contributed by atoms with Crippen LogP contribution in [0.25, 0.3) is 0 Å². The van der Waals surface area contributed by atoms with Crippen molar-refractivity contribution < 1.29 is 4.79 Å². The summed E-state index contributed by atoms with van der Waals surface area (Å²) < 4.78 is 0. The van der Waals surface area contributed by atoms with E-state index in [-0.39, 0.29) is 5.78 Å². The van der Waals surface area contributed by atoms with Crippen LogP contribution in [0.3, 0.4) is 0 Å². The lowest BCUT2D eigenvalue weighted by molar-refractivity contribution is 0.103. The second kappa shape index (κ2) is 7.12. The number of carbonyl (C=O) groups is 1. The fourth-order valence-corrected chi connectivity index (χ4v) is 3.35. The highest BCUT2D eigenvalue weighted by Gasteiger charge is 2.24. The minimum Gasteiger partial charge on any atom is -0.356 e. The Labute approximate surface area is 143 Å². The van der Waals surface area contributed by atoms with E-state index in [4.69, 9.17) is 0 Å². The fraction of sp³-hybridized carbons (Fsp3) is 0.450. The Morgan fingerprint density at radius 1 is 1.25 bits per heavy atom. The van der Waals surface area contributed by atoms with E-state index in [0.29, 0.717) is 23.1 Å². The van der Waals surface area contributed by atoms with Gasteiger partial charge in [0.1, 0.15) is 11.5 Å². The molecule has 1 atom stereocenters. The highest BCUT2D eigenvalue weighted by Crippen LogP contribution is 2.26. The van der Waals surface area contributed by atoms with Crippen LogP contribution >= 0.6 is 0 Å². The molecular formula is C20H25N3O. The van der Waals surface area contributed by atoms with E-state index in [9.17, 15) is 4.79 Å². The monoisotopic (exact) mass is 323 g/mol. The van der Waals surface area contributed by atoms with Crippen LogP contribution in [0.15, 0.2) is 36.5 Å². The van der Waals surface area contributed by atoms with Crippen molar-refractivity contribution in [1.29, 1.82) is 0 Å². The van der Waals surface area contributed by atoms with Crippen molar-refractivity contribution in [1.82, 2.24) is 9.97 Å². The molecule has 3 rings (SSSR count). The summed E-state index contributed by atoms with van der Waals surface area (Å²) in [6.07, 6.45) is 4.17. The SMILES string of the molecule is Cc1ncccc1C(=O)c1cccc(N2CCC[C@@H](C(C)C)C2)n1. The number of hydrogen-bond acceptors (Lipinski definition) is 4. The van der Waals surface area contributed by atoms with Gasteiger partial charge in [-0.25, -0.2) is 4.98 Å². The Balaban J connectivity index is 1.84. The summed E-state index contributed by atoms with van der Waals surface area (Å²) in [5, 5.41) is 0. The second-order valence-electron chi connectivity index (χ2n) is 6.94. The average Bonchev–Trinajstić information content (AvgIpc) is 2.62. The van der Waals surface area contributed by atoms with Crippen LogP contribution in [0, 0.1) is 18.8 Å². The second-order valence-corrected chi connectivity index (χ2v) is 6.94. The van der Waals surface area contributed by atoms with Gasteiger partial charge in [0, 0.05) is 30.5 Å². The van der Waals surface area contributed by atoms with Crippen LogP contribution in [0.2, 0.25) is 0 Å². The van der Waals surface area contributed by atoms with E-state index in [0.717, 1.165) is 24.6 Å². The molecule has 0 aromatic carbocycles. The third-order valence-electron chi connectivity index (χ3n) is 4.94. The maximum Gasteiger partial charge on any atom is 0.213 e. The molecule has 0 amide bonds.